The maximum atomic E-state index is 12.2. The summed E-state index contributed by atoms with van der Waals surface area (Å²) in [6.45, 7) is 12.5. The van der Waals surface area contributed by atoms with Gasteiger partial charge in [-0.3, -0.25) is 4.79 Å². The van der Waals surface area contributed by atoms with Gasteiger partial charge in [-0.1, -0.05) is 41.4 Å². The molecule has 8 rings (SSSR count). The first-order chi connectivity index (χ1) is 28.4. The van der Waals surface area contributed by atoms with Crippen LogP contribution in [0.3, 0.4) is 0 Å². The highest BCUT2D eigenvalue weighted by atomic mass is 35.5. The summed E-state index contributed by atoms with van der Waals surface area (Å²) in [5.41, 5.74) is 22.2. The lowest BCUT2D eigenvalue weighted by atomic mass is 10.0. The first kappa shape index (κ1) is 41.3. The summed E-state index contributed by atoms with van der Waals surface area (Å²) in [4.78, 5) is 29.4. The second-order valence-corrected chi connectivity index (χ2v) is 16.8. The molecule has 306 valence electrons. The Kier molecular flexibility index (Phi) is 11.1. The standard InChI is InChI=1S/C23H22ClN5O2.C22H21ClN4O2/c1-23(2,3)29-11-17(19-20(25)27-12-28-22(19)29)13-7-8-18(16(9-13)21(26)30)31-15-6-4-5-14(24)10-15;1-22(2,3)27-11-17(19-20(24)25-12-26-21(19)27)16-8-7-15(10-18(16)28)29-14-6-4-5-13(23)9-14/h4-12H,1-3H3,(H2,26,30)(H2,25,27,28);4-12,28H,1-3H3,(H2,24,25,26). The van der Waals surface area contributed by atoms with Crippen LogP contribution in [-0.2, 0) is 11.1 Å². The number of hydrogen-bond donors (Lipinski definition) is 4. The van der Waals surface area contributed by atoms with Gasteiger partial charge in [0.25, 0.3) is 5.91 Å². The van der Waals surface area contributed by atoms with Gasteiger partial charge in [0, 0.05) is 56.3 Å². The highest BCUT2D eigenvalue weighted by molar-refractivity contribution is 6.31. The predicted molar refractivity (Wildman–Crippen MR) is 238 cm³/mol. The number of nitrogens with zero attached hydrogens (tertiary/aromatic N) is 6. The van der Waals surface area contributed by atoms with E-state index in [9.17, 15) is 9.90 Å². The number of amides is 1. The quantitative estimate of drug-likeness (QED) is 0.120. The molecule has 8 aromatic rings. The van der Waals surface area contributed by atoms with Crippen molar-refractivity contribution < 1.29 is 19.4 Å². The molecule has 0 fully saturated rings. The van der Waals surface area contributed by atoms with E-state index in [0.29, 0.717) is 55.6 Å². The number of primary amides is 1. The van der Waals surface area contributed by atoms with Crippen LogP contribution in [0, 0.1) is 0 Å². The molecule has 0 bridgehead atoms. The molecule has 0 aliphatic rings. The van der Waals surface area contributed by atoms with Crippen LogP contribution < -0.4 is 26.7 Å². The monoisotopic (exact) mass is 843 g/mol. The van der Waals surface area contributed by atoms with Gasteiger partial charge in [0.1, 0.15) is 64.3 Å². The van der Waals surface area contributed by atoms with E-state index in [2.05, 4.69) is 61.5 Å². The number of fused-ring (bicyclic) bond motifs is 2. The normalized spacial score (nSPS) is 11.7. The van der Waals surface area contributed by atoms with E-state index in [1.54, 1.807) is 78.9 Å². The topological polar surface area (TPSA) is 195 Å². The average Bonchev–Trinajstić information content (AvgIpc) is 3.77. The Morgan fingerprint density at radius 3 is 1.67 bits per heavy atom. The Hall–Kier alpha value is -6.83. The second kappa shape index (κ2) is 16.1. The zero-order valence-electron chi connectivity index (χ0n) is 33.7. The van der Waals surface area contributed by atoms with Gasteiger partial charge in [-0.25, -0.2) is 19.9 Å². The van der Waals surface area contributed by atoms with Crippen molar-refractivity contribution in [2.24, 2.45) is 5.73 Å². The SMILES string of the molecule is CC(C)(C)n1cc(-c2ccc(Oc3cccc(Cl)c3)c(C(N)=O)c2)c2c(N)ncnc21.CC(C)(C)n1cc(-c2ccc(Oc3cccc(Cl)c3)cc2O)c2c(N)ncnc21. The molecule has 4 aromatic heterocycles. The molecular weight excluding hydrogens is 801 g/mol. The highest BCUT2D eigenvalue weighted by Gasteiger charge is 2.25. The number of halogens is 2. The fourth-order valence-electron chi connectivity index (χ4n) is 6.72. The molecule has 60 heavy (non-hydrogen) atoms. The van der Waals surface area contributed by atoms with E-state index in [4.69, 9.17) is 49.9 Å². The zero-order valence-corrected chi connectivity index (χ0v) is 35.2. The van der Waals surface area contributed by atoms with Crippen LogP contribution in [0.4, 0.5) is 11.6 Å². The largest absolute Gasteiger partial charge is 0.507 e. The second-order valence-electron chi connectivity index (χ2n) is 16.0. The van der Waals surface area contributed by atoms with Crippen LogP contribution in [0.15, 0.2) is 110 Å². The summed E-state index contributed by atoms with van der Waals surface area (Å²) in [5.74, 6) is 2.12. The number of nitrogen functional groups attached to an aromatic ring is 2. The summed E-state index contributed by atoms with van der Waals surface area (Å²) >= 11 is 12.0. The van der Waals surface area contributed by atoms with Crippen molar-refractivity contribution in [1.82, 2.24) is 29.1 Å². The minimum atomic E-state index is -0.609. The molecule has 0 radical (unpaired) electrons. The van der Waals surface area contributed by atoms with Crippen molar-refractivity contribution in [2.45, 2.75) is 52.6 Å². The molecule has 13 nitrogen and oxygen atoms in total. The zero-order chi connectivity index (χ0) is 43.1. The smallest absolute Gasteiger partial charge is 0.252 e. The number of nitrogens with two attached hydrogens (primary N) is 3. The molecule has 0 spiro atoms. The lowest BCUT2D eigenvalue weighted by Crippen LogP contribution is -2.21. The number of hydrogen-bond acceptors (Lipinski definition) is 10. The van der Waals surface area contributed by atoms with Gasteiger partial charge in [0.05, 0.1) is 16.3 Å². The summed E-state index contributed by atoms with van der Waals surface area (Å²) < 4.78 is 15.7. The molecule has 4 aromatic carbocycles. The van der Waals surface area contributed by atoms with E-state index in [-0.39, 0.29) is 22.4 Å². The number of phenols is 1. The molecule has 0 aliphatic carbocycles. The third-order valence-corrected chi connectivity index (χ3v) is 10.0. The van der Waals surface area contributed by atoms with Crippen LogP contribution in [0.5, 0.6) is 28.7 Å². The molecule has 15 heteroatoms. The van der Waals surface area contributed by atoms with Crippen molar-refractivity contribution in [1.29, 1.82) is 0 Å². The fraction of sp³-hybridized carbons (Fsp3) is 0.178. The van der Waals surface area contributed by atoms with Crippen LogP contribution in [0.2, 0.25) is 10.0 Å². The summed E-state index contributed by atoms with van der Waals surface area (Å²) in [6.07, 6.45) is 6.81. The van der Waals surface area contributed by atoms with Crippen molar-refractivity contribution in [3.8, 4) is 51.0 Å². The third kappa shape index (κ3) is 8.49. The van der Waals surface area contributed by atoms with Gasteiger partial charge < -0.3 is 40.9 Å². The number of ether oxygens (including phenoxy) is 2. The number of rotatable bonds is 7. The highest BCUT2D eigenvalue weighted by Crippen LogP contribution is 2.42. The van der Waals surface area contributed by atoms with Gasteiger partial charge in [-0.2, -0.15) is 0 Å². The number of carbonyl (C=O) groups is 1. The van der Waals surface area contributed by atoms with E-state index in [1.165, 1.54) is 12.7 Å². The molecule has 1 amide bonds. The van der Waals surface area contributed by atoms with Crippen molar-refractivity contribution in [3.05, 3.63) is 126 Å². The Morgan fingerprint density at radius 2 is 1.15 bits per heavy atom. The number of phenolic OH excluding ortho intramolecular Hbond substituents is 1. The predicted octanol–water partition coefficient (Wildman–Crippen LogP) is 10.6. The molecule has 4 heterocycles. The van der Waals surface area contributed by atoms with Crippen molar-refractivity contribution in [2.75, 3.05) is 11.5 Å². The van der Waals surface area contributed by atoms with Crippen LogP contribution in [0.1, 0.15) is 51.9 Å². The van der Waals surface area contributed by atoms with Crippen LogP contribution in [0.25, 0.3) is 44.3 Å². The first-order valence-electron chi connectivity index (χ1n) is 18.8. The van der Waals surface area contributed by atoms with E-state index >= 15 is 0 Å². The van der Waals surface area contributed by atoms with Crippen LogP contribution in [-0.4, -0.2) is 40.1 Å². The Labute approximate surface area is 356 Å². The number of benzene rings is 4. The number of carbonyl (C=O) groups excluding carboxylic acids is 1. The molecule has 0 saturated carbocycles. The Morgan fingerprint density at radius 1 is 0.633 bits per heavy atom. The van der Waals surface area contributed by atoms with E-state index in [1.807, 2.05) is 27.6 Å². The van der Waals surface area contributed by atoms with E-state index in [0.717, 1.165) is 33.4 Å². The van der Waals surface area contributed by atoms with Gasteiger partial charge in [-0.15, -0.1) is 0 Å². The van der Waals surface area contributed by atoms with Gasteiger partial charge in [0.15, 0.2) is 0 Å². The number of aromatic hydroxyl groups is 1. The minimum absolute atomic E-state index is 0.0701. The lowest BCUT2D eigenvalue weighted by Gasteiger charge is -2.21. The van der Waals surface area contributed by atoms with Gasteiger partial charge in [0.2, 0.25) is 0 Å². The summed E-state index contributed by atoms with van der Waals surface area (Å²) in [6, 6.07) is 24.4. The van der Waals surface area contributed by atoms with Crippen molar-refractivity contribution in [3.63, 3.8) is 0 Å². The lowest BCUT2D eigenvalue weighted by molar-refractivity contribution is 0.0998. The Balaban J connectivity index is 0.000000182. The fourth-order valence-corrected chi connectivity index (χ4v) is 7.08. The Bertz CT molecular complexity index is 2910. The maximum Gasteiger partial charge on any atom is 0.252 e. The van der Waals surface area contributed by atoms with E-state index < -0.39 is 5.91 Å². The maximum absolute atomic E-state index is 12.2. The first-order valence-corrected chi connectivity index (χ1v) is 19.5. The minimum Gasteiger partial charge on any atom is -0.507 e. The van der Waals surface area contributed by atoms with Crippen LogP contribution >= 0.6 is 23.2 Å². The van der Waals surface area contributed by atoms with Gasteiger partial charge in [-0.05, 0) is 108 Å². The molecular formula is C45H43Cl2N9O4. The third-order valence-electron chi connectivity index (χ3n) is 9.54. The summed E-state index contributed by atoms with van der Waals surface area (Å²) in [7, 11) is 0. The number of anilines is 2. The molecule has 0 saturated heterocycles. The molecule has 0 unspecified atom stereocenters. The van der Waals surface area contributed by atoms with Crippen molar-refractivity contribution >= 4 is 62.8 Å². The average molecular weight is 845 g/mol. The molecule has 0 aliphatic heterocycles. The molecule has 0 atom stereocenters. The number of aromatic nitrogens is 6. The molecule has 7 N–H and O–H groups in total. The van der Waals surface area contributed by atoms with Gasteiger partial charge >= 0.3 is 0 Å². The summed E-state index contributed by atoms with van der Waals surface area (Å²) in [5, 5.41) is 13.3.